The minimum atomic E-state index is -3.39. The van der Waals surface area contributed by atoms with Crippen molar-refractivity contribution < 1.29 is 33.0 Å². The number of rotatable bonds is 10. The van der Waals surface area contributed by atoms with Gasteiger partial charge in [0.25, 0.3) is 5.09 Å². The van der Waals surface area contributed by atoms with Crippen LogP contribution in [0.5, 0.6) is 0 Å². The van der Waals surface area contributed by atoms with E-state index in [2.05, 4.69) is 4.84 Å². The van der Waals surface area contributed by atoms with Gasteiger partial charge in [-0.25, -0.2) is 13.2 Å². The normalized spacial score (nSPS) is 11.9. The minimum Gasteiger partial charge on any atom is -0.457 e. The highest BCUT2D eigenvalue weighted by Crippen LogP contribution is 2.28. The van der Waals surface area contributed by atoms with Crippen LogP contribution in [0.1, 0.15) is 27.0 Å². The maximum atomic E-state index is 12.7. The van der Waals surface area contributed by atoms with Gasteiger partial charge in [-0.1, -0.05) is 54.6 Å². The number of hydrogen-bond acceptors (Lipinski definition) is 8. The molecule has 35 heavy (non-hydrogen) atoms. The third-order valence-electron chi connectivity index (χ3n) is 5.15. The van der Waals surface area contributed by atoms with Crippen LogP contribution in [0.2, 0.25) is 0 Å². The molecule has 0 aromatic heterocycles. The Morgan fingerprint density at radius 3 is 2.00 bits per heavy atom. The maximum Gasteiger partial charge on any atom is 0.338 e. The Morgan fingerprint density at radius 2 is 1.46 bits per heavy atom. The van der Waals surface area contributed by atoms with Gasteiger partial charge in [-0.15, -0.1) is 10.1 Å². The summed E-state index contributed by atoms with van der Waals surface area (Å²) in [5.41, 5.74) is 3.10. The second-order valence-electron chi connectivity index (χ2n) is 7.55. The molecule has 1 N–H and O–H groups in total. The summed E-state index contributed by atoms with van der Waals surface area (Å²) in [6.45, 7) is -0.764. The zero-order valence-corrected chi connectivity index (χ0v) is 19.6. The summed E-state index contributed by atoms with van der Waals surface area (Å²) in [4.78, 5) is 27.4. The van der Waals surface area contributed by atoms with Gasteiger partial charge in [0.2, 0.25) is 0 Å². The van der Waals surface area contributed by atoms with Crippen LogP contribution < -0.4 is 0 Å². The first-order valence-electron chi connectivity index (χ1n) is 10.4. The smallest absolute Gasteiger partial charge is 0.338 e. The molecule has 182 valence electrons. The van der Waals surface area contributed by atoms with Crippen LogP contribution in [0, 0.1) is 10.1 Å². The molecular weight excluding hydrogens is 474 g/mol. The SMILES string of the molecule is CS(=O)(=O)c1ccc(C(COC(=O)c2ccc(CO[N+](=O)[O-])cc2)=C(CO)c2ccccc2)cc1. The summed E-state index contributed by atoms with van der Waals surface area (Å²) in [7, 11) is -3.39. The third-order valence-corrected chi connectivity index (χ3v) is 6.28. The summed E-state index contributed by atoms with van der Waals surface area (Å²) < 4.78 is 29.2. The largest absolute Gasteiger partial charge is 0.457 e. The molecule has 0 saturated carbocycles. The van der Waals surface area contributed by atoms with Crippen LogP contribution in [-0.4, -0.2) is 44.0 Å². The van der Waals surface area contributed by atoms with Crippen molar-refractivity contribution in [3.63, 3.8) is 0 Å². The molecule has 0 fully saturated rings. The monoisotopic (exact) mass is 497 g/mol. The zero-order valence-electron chi connectivity index (χ0n) is 18.8. The predicted octanol–water partition coefficient (Wildman–Crippen LogP) is 3.56. The summed E-state index contributed by atoms with van der Waals surface area (Å²) >= 11 is 0. The van der Waals surface area contributed by atoms with Gasteiger partial charge >= 0.3 is 5.97 Å². The Hall–Kier alpha value is -4.02. The van der Waals surface area contributed by atoms with Crippen molar-refractivity contribution in [2.75, 3.05) is 19.5 Å². The number of aliphatic hydroxyl groups is 1. The first kappa shape index (κ1) is 25.6. The first-order chi connectivity index (χ1) is 16.7. The molecule has 0 atom stereocenters. The Labute approximate surface area is 202 Å². The summed E-state index contributed by atoms with van der Waals surface area (Å²) in [6, 6.07) is 21.2. The van der Waals surface area contributed by atoms with Crippen LogP contribution in [0.4, 0.5) is 0 Å². The number of sulfone groups is 1. The molecule has 0 bridgehead atoms. The molecule has 0 amide bonds. The average Bonchev–Trinajstić information content (AvgIpc) is 2.85. The Balaban J connectivity index is 1.88. The highest BCUT2D eigenvalue weighted by Gasteiger charge is 2.16. The number of aliphatic hydroxyl groups excluding tert-OH is 1. The molecule has 0 unspecified atom stereocenters. The lowest BCUT2D eigenvalue weighted by Crippen LogP contribution is -2.10. The van der Waals surface area contributed by atoms with Crippen molar-refractivity contribution in [3.05, 3.63) is 111 Å². The van der Waals surface area contributed by atoms with Crippen molar-refractivity contribution in [1.82, 2.24) is 0 Å². The van der Waals surface area contributed by atoms with Crippen LogP contribution >= 0.6 is 0 Å². The van der Waals surface area contributed by atoms with E-state index in [4.69, 9.17) is 4.74 Å². The number of hydrogen-bond donors (Lipinski definition) is 1. The Morgan fingerprint density at radius 1 is 0.886 bits per heavy atom. The van der Waals surface area contributed by atoms with Gasteiger partial charge in [0.05, 0.1) is 17.1 Å². The quantitative estimate of drug-likeness (QED) is 0.195. The van der Waals surface area contributed by atoms with Crippen LogP contribution in [0.25, 0.3) is 11.1 Å². The number of carbonyl (C=O) groups excluding carboxylic acids is 1. The molecule has 0 saturated heterocycles. The lowest BCUT2D eigenvalue weighted by Gasteiger charge is -2.16. The summed E-state index contributed by atoms with van der Waals surface area (Å²) in [5, 5.41) is 19.6. The Bertz CT molecular complexity index is 1320. The van der Waals surface area contributed by atoms with E-state index in [1.54, 1.807) is 12.1 Å². The zero-order chi connectivity index (χ0) is 25.4. The van der Waals surface area contributed by atoms with Gasteiger partial charge in [0, 0.05) is 11.8 Å². The third kappa shape index (κ3) is 6.98. The summed E-state index contributed by atoms with van der Waals surface area (Å²) in [5.74, 6) is -0.637. The number of benzene rings is 3. The highest BCUT2D eigenvalue weighted by molar-refractivity contribution is 7.90. The predicted molar refractivity (Wildman–Crippen MR) is 128 cm³/mol. The Kier molecular flexibility index (Phi) is 8.34. The molecule has 0 aliphatic rings. The average molecular weight is 498 g/mol. The van der Waals surface area contributed by atoms with Gasteiger partial charge in [-0.05, 0) is 46.5 Å². The standard InChI is InChI=1S/C25H23NO8S/c1-35(31,32)22-13-11-20(12-14-22)24(23(15-27)19-5-3-2-4-6-19)17-33-25(28)21-9-7-18(8-10-21)16-34-26(29)30/h2-14,27H,15-17H2,1H3. The lowest BCUT2D eigenvalue weighted by atomic mass is 9.95. The van der Waals surface area contributed by atoms with Gasteiger partial charge in [0.15, 0.2) is 9.84 Å². The maximum absolute atomic E-state index is 12.7. The molecular formula is C25H23NO8S. The van der Waals surface area contributed by atoms with Crippen molar-refractivity contribution in [1.29, 1.82) is 0 Å². The molecule has 9 nitrogen and oxygen atoms in total. The summed E-state index contributed by atoms with van der Waals surface area (Å²) in [6.07, 6.45) is 1.11. The van der Waals surface area contributed by atoms with Crippen LogP contribution in [-0.2, 0) is 26.0 Å². The fourth-order valence-corrected chi connectivity index (χ4v) is 3.96. The lowest BCUT2D eigenvalue weighted by molar-refractivity contribution is -0.763. The molecule has 3 aromatic carbocycles. The van der Waals surface area contributed by atoms with Crippen LogP contribution in [0.3, 0.4) is 0 Å². The highest BCUT2D eigenvalue weighted by atomic mass is 32.2. The van der Waals surface area contributed by atoms with Gasteiger partial charge in [0.1, 0.15) is 13.2 Å². The van der Waals surface area contributed by atoms with Crippen molar-refractivity contribution >= 4 is 27.0 Å². The van der Waals surface area contributed by atoms with E-state index < -0.39 is 20.9 Å². The minimum absolute atomic E-state index is 0.143. The van der Waals surface area contributed by atoms with Gasteiger partial charge < -0.3 is 14.7 Å². The van der Waals surface area contributed by atoms with Gasteiger partial charge in [-0.3, -0.25) is 0 Å². The van der Waals surface area contributed by atoms with E-state index in [9.17, 15) is 28.4 Å². The molecule has 0 heterocycles. The van der Waals surface area contributed by atoms with E-state index >= 15 is 0 Å². The topological polar surface area (TPSA) is 133 Å². The molecule has 0 radical (unpaired) electrons. The number of carbonyl (C=O) groups is 1. The van der Waals surface area contributed by atoms with Crippen LogP contribution in [0.15, 0.2) is 83.8 Å². The molecule has 0 aliphatic carbocycles. The first-order valence-corrected chi connectivity index (χ1v) is 12.3. The second-order valence-corrected chi connectivity index (χ2v) is 9.56. The van der Waals surface area contributed by atoms with E-state index in [1.165, 1.54) is 36.4 Å². The second kappa shape index (κ2) is 11.4. The van der Waals surface area contributed by atoms with E-state index in [1.807, 2.05) is 30.3 Å². The molecule has 0 aliphatic heterocycles. The fraction of sp³-hybridized carbons (Fsp3) is 0.160. The molecule has 10 heteroatoms. The van der Waals surface area contributed by atoms with Crippen molar-refractivity contribution in [3.8, 4) is 0 Å². The molecule has 3 aromatic rings. The van der Waals surface area contributed by atoms with E-state index in [-0.39, 0.29) is 30.3 Å². The number of esters is 1. The van der Waals surface area contributed by atoms with Gasteiger partial charge in [-0.2, -0.15) is 0 Å². The van der Waals surface area contributed by atoms with E-state index in [0.717, 1.165) is 11.8 Å². The number of ether oxygens (including phenoxy) is 1. The fourth-order valence-electron chi connectivity index (χ4n) is 3.33. The molecule has 3 rings (SSSR count). The van der Waals surface area contributed by atoms with Crippen molar-refractivity contribution in [2.24, 2.45) is 0 Å². The van der Waals surface area contributed by atoms with E-state index in [0.29, 0.717) is 22.3 Å². The number of nitrogens with zero attached hydrogens (tertiary/aromatic N) is 1. The molecule has 0 spiro atoms. The van der Waals surface area contributed by atoms with Crippen molar-refractivity contribution in [2.45, 2.75) is 11.5 Å².